The number of aldehydes is 1. The summed E-state index contributed by atoms with van der Waals surface area (Å²) in [5.41, 5.74) is -1.03. The molecule has 0 fully saturated rings. The molecule has 0 aromatic heterocycles. The third-order valence-electron chi connectivity index (χ3n) is 2.03. The Morgan fingerprint density at radius 2 is 2.24 bits per heavy atom. The van der Waals surface area contributed by atoms with Crippen LogP contribution in [0.2, 0.25) is 0 Å². The van der Waals surface area contributed by atoms with Gasteiger partial charge in [0.2, 0.25) is 0 Å². The standard InChI is InChI=1S/C10H5ClN2O4/c11-3-10(15)8-1-7(5-14)6(4-12)2-9(8)13(16)17/h1-2,5H,3H2. The molecule has 0 N–H and O–H groups in total. The number of carbonyl (C=O) groups is 2. The van der Waals surface area contributed by atoms with Crippen LogP contribution in [0, 0.1) is 21.4 Å². The molecule has 1 aromatic carbocycles. The second-order valence-electron chi connectivity index (χ2n) is 3.00. The number of benzene rings is 1. The van der Waals surface area contributed by atoms with E-state index in [1.54, 1.807) is 6.07 Å². The summed E-state index contributed by atoms with van der Waals surface area (Å²) >= 11 is 5.31. The SMILES string of the molecule is N#Cc1cc([N+](=O)[O-])c(C(=O)CCl)cc1C=O. The first kappa shape index (κ1) is 12.8. The summed E-state index contributed by atoms with van der Waals surface area (Å²) in [7, 11) is 0. The van der Waals surface area contributed by atoms with E-state index in [0.717, 1.165) is 12.1 Å². The van der Waals surface area contributed by atoms with E-state index in [1.165, 1.54) is 0 Å². The molecule has 1 aromatic rings. The van der Waals surface area contributed by atoms with Gasteiger partial charge in [-0.3, -0.25) is 19.7 Å². The van der Waals surface area contributed by atoms with Crippen LogP contribution in [0.5, 0.6) is 0 Å². The van der Waals surface area contributed by atoms with Gasteiger partial charge in [-0.1, -0.05) is 0 Å². The molecule has 0 radical (unpaired) electrons. The van der Waals surface area contributed by atoms with Crippen molar-refractivity contribution in [2.45, 2.75) is 0 Å². The number of Topliss-reactive ketones (excluding diaryl/α,β-unsaturated/α-hetero) is 1. The number of nitro groups is 1. The number of alkyl halides is 1. The fraction of sp³-hybridized carbons (Fsp3) is 0.100. The molecular formula is C10H5ClN2O4. The highest BCUT2D eigenvalue weighted by Crippen LogP contribution is 2.23. The fourth-order valence-corrected chi connectivity index (χ4v) is 1.39. The van der Waals surface area contributed by atoms with Gasteiger partial charge >= 0.3 is 0 Å². The van der Waals surface area contributed by atoms with E-state index in [0.29, 0.717) is 6.29 Å². The van der Waals surface area contributed by atoms with Gasteiger partial charge in [-0.15, -0.1) is 11.6 Å². The predicted octanol–water partition coefficient (Wildman–Crippen LogP) is 1.70. The van der Waals surface area contributed by atoms with Crippen molar-refractivity contribution in [2.75, 3.05) is 5.88 Å². The number of nitro benzene ring substituents is 1. The summed E-state index contributed by atoms with van der Waals surface area (Å²) in [6.45, 7) is 0. The molecule has 0 heterocycles. The van der Waals surface area contributed by atoms with Crippen LogP contribution < -0.4 is 0 Å². The number of hydrogen-bond acceptors (Lipinski definition) is 5. The Morgan fingerprint density at radius 3 is 2.65 bits per heavy atom. The van der Waals surface area contributed by atoms with Crippen LogP contribution in [0.25, 0.3) is 0 Å². The quantitative estimate of drug-likeness (QED) is 0.267. The summed E-state index contributed by atoms with van der Waals surface area (Å²) < 4.78 is 0. The van der Waals surface area contributed by atoms with Crippen molar-refractivity contribution in [2.24, 2.45) is 0 Å². The molecule has 0 aliphatic carbocycles. The molecule has 0 bridgehead atoms. The summed E-state index contributed by atoms with van der Waals surface area (Å²) in [5, 5.41) is 19.4. The van der Waals surface area contributed by atoms with Crippen molar-refractivity contribution >= 4 is 29.4 Å². The predicted molar refractivity (Wildman–Crippen MR) is 58.2 cm³/mol. The van der Waals surface area contributed by atoms with Crippen LogP contribution in [0.15, 0.2) is 12.1 Å². The van der Waals surface area contributed by atoms with Gasteiger partial charge in [0.1, 0.15) is 6.07 Å². The van der Waals surface area contributed by atoms with Crippen molar-refractivity contribution in [3.05, 3.63) is 38.9 Å². The van der Waals surface area contributed by atoms with Crippen molar-refractivity contribution in [1.82, 2.24) is 0 Å². The monoisotopic (exact) mass is 252 g/mol. The van der Waals surface area contributed by atoms with Gasteiger partial charge in [0.15, 0.2) is 12.1 Å². The highest BCUT2D eigenvalue weighted by atomic mass is 35.5. The molecule has 0 amide bonds. The number of ketones is 1. The summed E-state index contributed by atoms with van der Waals surface area (Å²) in [6, 6.07) is 3.55. The van der Waals surface area contributed by atoms with Crippen LogP contribution in [0.1, 0.15) is 26.3 Å². The van der Waals surface area contributed by atoms with Crippen molar-refractivity contribution in [1.29, 1.82) is 5.26 Å². The molecule has 0 saturated heterocycles. The molecule has 0 spiro atoms. The van der Waals surface area contributed by atoms with Crippen molar-refractivity contribution in [3.63, 3.8) is 0 Å². The van der Waals surface area contributed by atoms with Crippen molar-refractivity contribution in [3.8, 4) is 6.07 Å². The zero-order chi connectivity index (χ0) is 13.0. The first-order chi connectivity index (χ1) is 8.04. The normalized spacial score (nSPS) is 9.41. The van der Waals surface area contributed by atoms with Gasteiger partial charge in [0.05, 0.1) is 21.9 Å². The topological polar surface area (TPSA) is 101 Å². The molecule has 0 aliphatic heterocycles. The van der Waals surface area contributed by atoms with Crippen LogP contribution in [-0.4, -0.2) is 22.9 Å². The zero-order valence-electron chi connectivity index (χ0n) is 8.34. The first-order valence-corrected chi connectivity index (χ1v) is 4.85. The van der Waals surface area contributed by atoms with Crippen LogP contribution in [0.4, 0.5) is 5.69 Å². The molecular weight excluding hydrogens is 248 g/mol. The van der Waals surface area contributed by atoms with E-state index in [4.69, 9.17) is 16.9 Å². The second kappa shape index (κ2) is 5.18. The molecule has 6 nitrogen and oxygen atoms in total. The molecule has 7 heteroatoms. The summed E-state index contributed by atoms with van der Waals surface area (Å²) in [6.07, 6.45) is 0.354. The maximum absolute atomic E-state index is 11.4. The zero-order valence-corrected chi connectivity index (χ0v) is 9.10. The number of halogens is 1. The average molecular weight is 253 g/mol. The van der Waals surface area contributed by atoms with Gasteiger partial charge < -0.3 is 0 Å². The molecule has 0 saturated carbocycles. The van der Waals surface area contributed by atoms with E-state index in [1.807, 2.05) is 0 Å². The highest BCUT2D eigenvalue weighted by Gasteiger charge is 2.22. The third-order valence-corrected chi connectivity index (χ3v) is 2.28. The summed E-state index contributed by atoms with van der Waals surface area (Å²) in [5.74, 6) is -1.11. The minimum Gasteiger partial charge on any atom is -0.298 e. The van der Waals surface area contributed by atoms with E-state index >= 15 is 0 Å². The van der Waals surface area contributed by atoms with Crippen LogP contribution in [-0.2, 0) is 0 Å². The number of nitriles is 1. The van der Waals surface area contributed by atoms with E-state index < -0.39 is 22.3 Å². The highest BCUT2D eigenvalue weighted by molar-refractivity contribution is 6.31. The minimum atomic E-state index is -0.796. The van der Waals surface area contributed by atoms with Gasteiger partial charge in [0, 0.05) is 11.6 Å². The lowest BCUT2D eigenvalue weighted by Gasteiger charge is -2.02. The molecule has 0 atom stereocenters. The molecule has 0 unspecified atom stereocenters. The lowest BCUT2D eigenvalue weighted by atomic mass is 10.0. The molecule has 86 valence electrons. The largest absolute Gasteiger partial charge is 0.298 e. The third kappa shape index (κ3) is 2.46. The fourth-order valence-electron chi connectivity index (χ4n) is 1.25. The molecule has 17 heavy (non-hydrogen) atoms. The van der Waals surface area contributed by atoms with Gasteiger partial charge in [0.25, 0.3) is 5.69 Å². The van der Waals surface area contributed by atoms with Gasteiger partial charge in [-0.05, 0) is 6.07 Å². The number of hydrogen-bond donors (Lipinski definition) is 0. The maximum atomic E-state index is 11.4. The number of nitrogens with zero attached hydrogens (tertiary/aromatic N) is 2. The minimum absolute atomic E-state index is 0.0773. The Kier molecular flexibility index (Phi) is 3.91. The number of rotatable bonds is 4. The Balaban J connectivity index is 3.58. The van der Waals surface area contributed by atoms with Crippen molar-refractivity contribution < 1.29 is 14.5 Å². The maximum Gasteiger partial charge on any atom is 0.281 e. The second-order valence-corrected chi connectivity index (χ2v) is 3.27. The van der Waals surface area contributed by atoms with Gasteiger partial charge in [-0.2, -0.15) is 5.26 Å². The Hall–Kier alpha value is -2.26. The van der Waals surface area contributed by atoms with E-state index in [-0.39, 0.29) is 16.7 Å². The van der Waals surface area contributed by atoms with Crippen LogP contribution >= 0.6 is 11.6 Å². The lowest BCUT2D eigenvalue weighted by molar-refractivity contribution is -0.385. The average Bonchev–Trinajstić information content (AvgIpc) is 2.35. The van der Waals surface area contributed by atoms with Crippen LogP contribution in [0.3, 0.4) is 0 Å². The Morgan fingerprint density at radius 1 is 1.59 bits per heavy atom. The smallest absolute Gasteiger partial charge is 0.281 e. The Bertz CT molecular complexity index is 548. The number of carbonyl (C=O) groups excluding carboxylic acids is 2. The lowest BCUT2D eigenvalue weighted by Crippen LogP contribution is -2.07. The first-order valence-electron chi connectivity index (χ1n) is 4.32. The van der Waals surface area contributed by atoms with E-state index in [9.17, 15) is 19.7 Å². The Labute approximate surface area is 101 Å². The summed E-state index contributed by atoms with van der Waals surface area (Å²) in [4.78, 5) is 32.0. The molecule has 0 aliphatic rings. The van der Waals surface area contributed by atoms with Gasteiger partial charge in [-0.25, -0.2) is 0 Å². The van der Waals surface area contributed by atoms with E-state index in [2.05, 4.69) is 0 Å². The molecule has 1 rings (SSSR count).